The van der Waals surface area contributed by atoms with Crippen LogP contribution < -0.4 is 20.3 Å². The van der Waals surface area contributed by atoms with Gasteiger partial charge < -0.3 is 25.2 Å². The highest BCUT2D eigenvalue weighted by molar-refractivity contribution is 6.32. The van der Waals surface area contributed by atoms with Gasteiger partial charge in [0.05, 0.1) is 11.6 Å². The number of aryl methyl sites for hydroxylation is 1. The molecular weight excluding hydrogens is 424 g/mol. The Morgan fingerprint density at radius 1 is 1.00 bits per heavy atom. The molecule has 0 unspecified atom stereocenters. The van der Waals surface area contributed by atoms with Crippen molar-refractivity contribution in [2.24, 2.45) is 0 Å². The van der Waals surface area contributed by atoms with E-state index in [-0.39, 0.29) is 0 Å². The summed E-state index contributed by atoms with van der Waals surface area (Å²) in [6.07, 6.45) is 1.80. The number of likely N-dealkylation sites (N-methyl/N-ethyl adjacent to an activating group) is 1. The quantitative estimate of drug-likeness (QED) is 0.518. The number of hydrogen-bond donors (Lipinski definition) is 2. The molecule has 0 aliphatic carbocycles. The number of aromatic nitrogens is 2. The van der Waals surface area contributed by atoms with Crippen LogP contribution in [0.15, 0.2) is 48.7 Å². The summed E-state index contributed by atoms with van der Waals surface area (Å²) < 4.78 is 5.58. The number of rotatable bonds is 7. The molecule has 7 nitrogen and oxygen atoms in total. The Morgan fingerprint density at radius 3 is 2.44 bits per heavy atom. The Balaban J connectivity index is 1.45. The fraction of sp³-hybridized carbons (Fsp3) is 0.333. The van der Waals surface area contributed by atoms with E-state index in [9.17, 15) is 0 Å². The maximum absolute atomic E-state index is 6.20. The van der Waals surface area contributed by atoms with E-state index in [1.807, 2.05) is 32.0 Å². The second kappa shape index (κ2) is 10.1. The van der Waals surface area contributed by atoms with Crippen LogP contribution in [0.1, 0.15) is 12.5 Å². The van der Waals surface area contributed by atoms with E-state index in [2.05, 4.69) is 61.7 Å². The summed E-state index contributed by atoms with van der Waals surface area (Å²) in [6, 6.07) is 14.0. The van der Waals surface area contributed by atoms with Gasteiger partial charge in [0.2, 0.25) is 5.95 Å². The van der Waals surface area contributed by atoms with Gasteiger partial charge in [-0.2, -0.15) is 4.98 Å². The first-order chi connectivity index (χ1) is 15.5. The van der Waals surface area contributed by atoms with E-state index in [0.29, 0.717) is 23.3 Å². The molecule has 1 fully saturated rings. The molecule has 4 rings (SSSR count). The van der Waals surface area contributed by atoms with Crippen LogP contribution in [0.5, 0.6) is 5.75 Å². The Morgan fingerprint density at radius 2 is 1.72 bits per heavy atom. The second-order valence-electron chi connectivity index (χ2n) is 7.89. The number of ether oxygens (including phenoxy) is 1. The van der Waals surface area contributed by atoms with E-state index >= 15 is 0 Å². The van der Waals surface area contributed by atoms with Crippen LogP contribution in [-0.4, -0.2) is 54.7 Å². The minimum Gasteiger partial charge on any atom is -0.492 e. The Labute approximate surface area is 194 Å². The van der Waals surface area contributed by atoms with Gasteiger partial charge in [0.1, 0.15) is 11.6 Å². The Kier molecular flexibility index (Phi) is 6.97. The predicted octanol–water partition coefficient (Wildman–Crippen LogP) is 5.08. The maximum atomic E-state index is 6.20. The fourth-order valence-corrected chi connectivity index (χ4v) is 3.73. The van der Waals surface area contributed by atoms with Gasteiger partial charge in [0, 0.05) is 61.1 Å². The van der Waals surface area contributed by atoms with Gasteiger partial charge in [-0.05, 0) is 57.3 Å². The summed E-state index contributed by atoms with van der Waals surface area (Å²) in [5, 5.41) is 7.22. The number of anilines is 5. The smallest absolute Gasteiger partial charge is 0.229 e. The number of nitrogens with zero attached hydrogens (tertiary/aromatic N) is 4. The van der Waals surface area contributed by atoms with Gasteiger partial charge in [0.15, 0.2) is 0 Å². The van der Waals surface area contributed by atoms with Crippen LogP contribution >= 0.6 is 11.6 Å². The standard InChI is InChI=1S/C24H29ClN6O/c1-4-32-22-15-19(7-10-21(22)25)27-23-17(2)16-26-24(29-23)28-18-5-8-20(9-6-18)31-13-11-30(3)12-14-31/h5-10,15-16H,4,11-14H2,1-3H3,(H2,26,27,28,29). The molecule has 1 aromatic heterocycles. The first-order valence-corrected chi connectivity index (χ1v) is 11.2. The average molecular weight is 453 g/mol. The molecular formula is C24H29ClN6O. The van der Waals surface area contributed by atoms with E-state index in [0.717, 1.165) is 48.9 Å². The molecule has 3 aromatic rings. The molecule has 2 aromatic carbocycles. The van der Waals surface area contributed by atoms with Gasteiger partial charge in [-0.1, -0.05) is 11.6 Å². The molecule has 8 heteroatoms. The van der Waals surface area contributed by atoms with Crippen LogP contribution in [0.4, 0.5) is 28.8 Å². The average Bonchev–Trinajstić information content (AvgIpc) is 2.80. The van der Waals surface area contributed by atoms with Gasteiger partial charge in [0.25, 0.3) is 0 Å². The zero-order valence-electron chi connectivity index (χ0n) is 18.7. The minimum absolute atomic E-state index is 0.532. The van der Waals surface area contributed by atoms with Crippen LogP contribution in [0.3, 0.4) is 0 Å². The SMILES string of the molecule is CCOc1cc(Nc2nc(Nc3ccc(N4CCN(C)CC4)cc3)ncc2C)ccc1Cl. The highest BCUT2D eigenvalue weighted by Crippen LogP contribution is 2.30. The summed E-state index contributed by atoms with van der Waals surface area (Å²) in [6.45, 7) is 8.73. The molecule has 0 atom stereocenters. The lowest BCUT2D eigenvalue weighted by atomic mass is 10.2. The first-order valence-electron chi connectivity index (χ1n) is 10.9. The van der Waals surface area contributed by atoms with Crippen LogP contribution in [-0.2, 0) is 0 Å². The van der Waals surface area contributed by atoms with Crippen molar-refractivity contribution in [3.05, 3.63) is 59.2 Å². The monoisotopic (exact) mass is 452 g/mol. The van der Waals surface area contributed by atoms with Crippen molar-refractivity contribution >= 4 is 40.4 Å². The van der Waals surface area contributed by atoms with Crippen molar-refractivity contribution in [3.63, 3.8) is 0 Å². The summed E-state index contributed by atoms with van der Waals surface area (Å²) in [5.41, 5.74) is 3.97. The van der Waals surface area contributed by atoms with Crippen molar-refractivity contribution < 1.29 is 4.74 Å². The lowest BCUT2D eigenvalue weighted by Crippen LogP contribution is -2.44. The van der Waals surface area contributed by atoms with Crippen molar-refractivity contribution in [1.82, 2.24) is 14.9 Å². The third-order valence-electron chi connectivity index (χ3n) is 5.46. The predicted molar refractivity (Wildman–Crippen MR) is 132 cm³/mol. The second-order valence-corrected chi connectivity index (χ2v) is 8.30. The van der Waals surface area contributed by atoms with Gasteiger partial charge in [-0.25, -0.2) is 4.98 Å². The molecule has 32 heavy (non-hydrogen) atoms. The third kappa shape index (κ3) is 5.41. The molecule has 2 heterocycles. The Bertz CT molecular complexity index is 1050. The third-order valence-corrected chi connectivity index (χ3v) is 5.77. The van der Waals surface area contributed by atoms with E-state index < -0.39 is 0 Å². The topological polar surface area (TPSA) is 65.6 Å². The van der Waals surface area contributed by atoms with Crippen molar-refractivity contribution in [1.29, 1.82) is 0 Å². The molecule has 0 bridgehead atoms. The fourth-order valence-electron chi connectivity index (χ4n) is 3.56. The van der Waals surface area contributed by atoms with E-state index in [1.54, 1.807) is 6.20 Å². The molecule has 2 N–H and O–H groups in total. The summed E-state index contributed by atoms with van der Waals surface area (Å²) in [5.74, 6) is 1.90. The molecule has 0 saturated carbocycles. The molecule has 1 aliphatic heterocycles. The van der Waals surface area contributed by atoms with Crippen LogP contribution in [0.2, 0.25) is 5.02 Å². The highest BCUT2D eigenvalue weighted by atomic mass is 35.5. The van der Waals surface area contributed by atoms with Crippen molar-refractivity contribution in [3.8, 4) is 5.75 Å². The highest BCUT2D eigenvalue weighted by Gasteiger charge is 2.14. The van der Waals surface area contributed by atoms with Crippen LogP contribution in [0, 0.1) is 6.92 Å². The summed E-state index contributed by atoms with van der Waals surface area (Å²) >= 11 is 6.20. The Hall–Kier alpha value is -3.03. The lowest BCUT2D eigenvalue weighted by molar-refractivity contribution is 0.313. The zero-order chi connectivity index (χ0) is 22.5. The lowest BCUT2D eigenvalue weighted by Gasteiger charge is -2.34. The summed E-state index contributed by atoms with van der Waals surface area (Å²) in [4.78, 5) is 13.9. The van der Waals surface area contributed by atoms with Gasteiger partial charge in [-0.15, -0.1) is 0 Å². The number of benzene rings is 2. The van der Waals surface area contributed by atoms with E-state index in [4.69, 9.17) is 16.3 Å². The normalized spacial score (nSPS) is 14.3. The van der Waals surface area contributed by atoms with Gasteiger partial charge in [-0.3, -0.25) is 0 Å². The molecule has 168 valence electrons. The molecule has 0 spiro atoms. The molecule has 1 saturated heterocycles. The maximum Gasteiger partial charge on any atom is 0.229 e. The summed E-state index contributed by atoms with van der Waals surface area (Å²) in [7, 11) is 2.17. The number of nitrogens with one attached hydrogen (secondary N) is 2. The molecule has 0 radical (unpaired) electrons. The first kappa shape index (κ1) is 22.2. The molecule has 0 amide bonds. The van der Waals surface area contributed by atoms with Crippen molar-refractivity contribution in [2.45, 2.75) is 13.8 Å². The minimum atomic E-state index is 0.532. The van der Waals surface area contributed by atoms with E-state index in [1.165, 1.54) is 5.69 Å². The van der Waals surface area contributed by atoms with Crippen molar-refractivity contribution in [2.75, 3.05) is 55.4 Å². The number of piperazine rings is 1. The largest absolute Gasteiger partial charge is 0.492 e. The zero-order valence-corrected chi connectivity index (χ0v) is 19.5. The number of hydrogen-bond acceptors (Lipinski definition) is 7. The number of halogens is 1. The van der Waals surface area contributed by atoms with Gasteiger partial charge >= 0.3 is 0 Å². The molecule has 1 aliphatic rings. The van der Waals surface area contributed by atoms with Crippen LogP contribution in [0.25, 0.3) is 0 Å².